The van der Waals surface area contributed by atoms with Crippen molar-refractivity contribution < 1.29 is 18.3 Å². The minimum absolute atomic E-state index is 0.0221. The molecule has 0 aromatic carbocycles. The molecule has 0 aliphatic heterocycles. The van der Waals surface area contributed by atoms with Gasteiger partial charge in [0.05, 0.1) is 6.61 Å². The lowest BCUT2D eigenvalue weighted by molar-refractivity contribution is -0.144. The summed E-state index contributed by atoms with van der Waals surface area (Å²) in [6.07, 6.45) is -4.63. The second kappa shape index (κ2) is 4.52. The fourth-order valence-corrected chi connectivity index (χ4v) is 1.04. The van der Waals surface area contributed by atoms with Crippen LogP contribution in [-0.4, -0.2) is 35.3 Å². The largest absolute Gasteiger partial charge is 0.451 e. The average molecular weight is 236 g/mol. The molecule has 0 aliphatic carbocycles. The Morgan fingerprint density at radius 3 is 2.56 bits per heavy atom. The van der Waals surface area contributed by atoms with Gasteiger partial charge in [0.2, 0.25) is 5.82 Å². The molecule has 1 aromatic heterocycles. The highest BCUT2D eigenvalue weighted by molar-refractivity contribution is 5.46. The number of nitrogens with zero attached hydrogens (tertiary/aromatic N) is 3. The summed E-state index contributed by atoms with van der Waals surface area (Å²) in [7, 11) is 1.50. The lowest BCUT2D eigenvalue weighted by atomic mass is 10.4. The Kier molecular flexibility index (Phi) is 3.53. The number of aliphatic hydroxyl groups is 1. The van der Waals surface area contributed by atoms with Crippen LogP contribution in [0.2, 0.25) is 0 Å². The van der Waals surface area contributed by atoms with Crippen molar-refractivity contribution in [3.05, 3.63) is 11.9 Å². The van der Waals surface area contributed by atoms with E-state index in [4.69, 9.17) is 10.8 Å². The molecule has 8 heteroatoms. The highest BCUT2D eigenvalue weighted by Crippen LogP contribution is 2.28. The minimum atomic E-state index is -4.63. The molecule has 1 aromatic rings. The molecule has 0 unspecified atom stereocenters. The van der Waals surface area contributed by atoms with E-state index in [1.807, 2.05) is 0 Å². The first-order chi connectivity index (χ1) is 7.34. The third-order valence-electron chi connectivity index (χ3n) is 1.81. The first-order valence-electron chi connectivity index (χ1n) is 4.38. The van der Waals surface area contributed by atoms with Gasteiger partial charge in [-0.05, 0) is 0 Å². The maximum atomic E-state index is 12.3. The Labute approximate surface area is 89.7 Å². The Balaban J connectivity index is 3.08. The van der Waals surface area contributed by atoms with Crippen molar-refractivity contribution in [1.82, 2.24) is 9.97 Å². The number of alkyl halides is 3. The number of hydrogen-bond acceptors (Lipinski definition) is 5. The zero-order valence-electron chi connectivity index (χ0n) is 8.49. The third-order valence-corrected chi connectivity index (χ3v) is 1.81. The number of anilines is 2. The maximum absolute atomic E-state index is 12.3. The number of nitrogen functional groups attached to an aromatic ring is 1. The van der Waals surface area contributed by atoms with Crippen LogP contribution in [0.5, 0.6) is 0 Å². The normalized spacial score (nSPS) is 11.6. The summed E-state index contributed by atoms with van der Waals surface area (Å²) in [4.78, 5) is 7.78. The van der Waals surface area contributed by atoms with E-state index in [0.717, 1.165) is 0 Å². The molecule has 0 atom stereocenters. The molecule has 0 saturated carbocycles. The third kappa shape index (κ3) is 2.96. The molecule has 0 radical (unpaired) electrons. The summed E-state index contributed by atoms with van der Waals surface area (Å²) < 4.78 is 37.0. The highest BCUT2D eigenvalue weighted by atomic mass is 19.4. The molecular formula is C8H11F3N4O. The monoisotopic (exact) mass is 236 g/mol. The van der Waals surface area contributed by atoms with Crippen LogP contribution in [0, 0.1) is 0 Å². The predicted molar refractivity (Wildman–Crippen MR) is 51.8 cm³/mol. The van der Waals surface area contributed by atoms with Crippen molar-refractivity contribution in [1.29, 1.82) is 0 Å². The van der Waals surface area contributed by atoms with Gasteiger partial charge in [-0.15, -0.1) is 0 Å². The van der Waals surface area contributed by atoms with Gasteiger partial charge in [-0.25, -0.2) is 9.97 Å². The second-order valence-electron chi connectivity index (χ2n) is 3.12. The van der Waals surface area contributed by atoms with Gasteiger partial charge in [-0.1, -0.05) is 0 Å². The average Bonchev–Trinajstić information content (AvgIpc) is 2.16. The van der Waals surface area contributed by atoms with Gasteiger partial charge < -0.3 is 15.7 Å². The number of aliphatic hydroxyl groups excluding tert-OH is 1. The molecule has 1 heterocycles. The van der Waals surface area contributed by atoms with E-state index in [1.165, 1.54) is 18.0 Å². The number of rotatable bonds is 3. The second-order valence-corrected chi connectivity index (χ2v) is 3.12. The first-order valence-corrected chi connectivity index (χ1v) is 4.38. The van der Waals surface area contributed by atoms with Crippen LogP contribution in [0.3, 0.4) is 0 Å². The molecule has 16 heavy (non-hydrogen) atoms. The van der Waals surface area contributed by atoms with Crippen molar-refractivity contribution in [2.24, 2.45) is 0 Å². The van der Waals surface area contributed by atoms with Crippen molar-refractivity contribution in [3.8, 4) is 0 Å². The summed E-state index contributed by atoms with van der Waals surface area (Å²) in [5.41, 5.74) is 5.25. The van der Waals surface area contributed by atoms with E-state index >= 15 is 0 Å². The van der Waals surface area contributed by atoms with Crippen LogP contribution in [0.25, 0.3) is 0 Å². The first kappa shape index (κ1) is 12.5. The fourth-order valence-electron chi connectivity index (χ4n) is 1.04. The molecular weight excluding hydrogens is 225 g/mol. The minimum Gasteiger partial charge on any atom is -0.395 e. The summed E-state index contributed by atoms with van der Waals surface area (Å²) in [5, 5.41) is 8.66. The van der Waals surface area contributed by atoms with Crippen LogP contribution in [0.15, 0.2) is 6.07 Å². The van der Waals surface area contributed by atoms with Crippen LogP contribution in [0.1, 0.15) is 5.82 Å². The standard InChI is InChI=1S/C8H11F3N4O/c1-15(2-3-16)6-4-5(12)13-7(14-6)8(9,10)11/h4,16H,2-3H2,1H3,(H2,12,13,14). The molecule has 3 N–H and O–H groups in total. The number of hydrogen-bond donors (Lipinski definition) is 2. The van der Waals surface area contributed by atoms with Crippen molar-refractivity contribution in [3.63, 3.8) is 0 Å². The Bertz CT molecular complexity index is 369. The van der Waals surface area contributed by atoms with Crippen molar-refractivity contribution >= 4 is 11.6 Å². The van der Waals surface area contributed by atoms with Crippen molar-refractivity contribution in [2.45, 2.75) is 6.18 Å². The quantitative estimate of drug-likeness (QED) is 0.799. The Morgan fingerprint density at radius 2 is 2.06 bits per heavy atom. The molecule has 5 nitrogen and oxygen atoms in total. The Hall–Kier alpha value is -1.57. The summed E-state index contributed by atoms with van der Waals surface area (Å²) in [6, 6.07) is 1.21. The van der Waals surface area contributed by atoms with Gasteiger partial charge in [0, 0.05) is 19.7 Å². The summed E-state index contributed by atoms with van der Waals surface area (Å²) in [6.45, 7) is -0.0322. The molecule has 0 saturated heterocycles. The van der Waals surface area contributed by atoms with Gasteiger partial charge in [0.15, 0.2) is 0 Å². The molecule has 0 spiro atoms. The van der Waals surface area contributed by atoms with Crippen LogP contribution < -0.4 is 10.6 Å². The van der Waals surface area contributed by atoms with E-state index in [9.17, 15) is 13.2 Å². The van der Waals surface area contributed by atoms with E-state index < -0.39 is 12.0 Å². The fraction of sp³-hybridized carbons (Fsp3) is 0.500. The highest BCUT2D eigenvalue weighted by Gasteiger charge is 2.35. The molecule has 0 amide bonds. The van der Waals surface area contributed by atoms with Gasteiger partial charge in [0.1, 0.15) is 11.6 Å². The summed E-state index contributed by atoms with van der Waals surface area (Å²) in [5.74, 6) is -1.52. The Morgan fingerprint density at radius 1 is 1.44 bits per heavy atom. The molecule has 0 fully saturated rings. The lowest BCUT2D eigenvalue weighted by Crippen LogP contribution is -2.24. The van der Waals surface area contributed by atoms with E-state index in [2.05, 4.69) is 9.97 Å². The van der Waals surface area contributed by atoms with Crippen LogP contribution in [-0.2, 0) is 6.18 Å². The maximum Gasteiger partial charge on any atom is 0.451 e. The number of nitrogens with two attached hydrogens (primary N) is 1. The molecule has 90 valence electrons. The number of halogens is 3. The zero-order valence-corrected chi connectivity index (χ0v) is 8.49. The van der Waals surface area contributed by atoms with E-state index in [-0.39, 0.29) is 24.8 Å². The lowest BCUT2D eigenvalue weighted by Gasteiger charge is -2.18. The molecule has 0 aliphatic rings. The van der Waals surface area contributed by atoms with Crippen molar-refractivity contribution in [2.75, 3.05) is 30.8 Å². The van der Waals surface area contributed by atoms with Crippen LogP contribution in [0.4, 0.5) is 24.8 Å². The number of aromatic nitrogens is 2. The van der Waals surface area contributed by atoms with Gasteiger partial charge in [0.25, 0.3) is 0 Å². The SMILES string of the molecule is CN(CCO)c1cc(N)nc(C(F)(F)F)n1. The molecule has 0 bridgehead atoms. The topological polar surface area (TPSA) is 75.3 Å². The van der Waals surface area contributed by atoms with E-state index in [0.29, 0.717) is 0 Å². The van der Waals surface area contributed by atoms with Gasteiger partial charge >= 0.3 is 6.18 Å². The van der Waals surface area contributed by atoms with Crippen LogP contribution >= 0.6 is 0 Å². The molecule has 1 rings (SSSR count). The van der Waals surface area contributed by atoms with E-state index in [1.54, 1.807) is 0 Å². The predicted octanol–water partition coefficient (Wildman–Crippen LogP) is 0.506. The van der Waals surface area contributed by atoms with Gasteiger partial charge in [-0.3, -0.25) is 0 Å². The smallest absolute Gasteiger partial charge is 0.395 e. The summed E-state index contributed by atoms with van der Waals surface area (Å²) >= 11 is 0. The number of likely N-dealkylation sites (N-methyl/N-ethyl adjacent to an activating group) is 1. The van der Waals surface area contributed by atoms with Gasteiger partial charge in [-0.2, -0.15) is 13.2 Å². The zero-order chi connectivity index (χ0) is 12.3.